The van der Waals surface area contributed by atoms with Gasteiger partial charge in [0.15, 0.2) is 0 Å². The Morgan fingerprint density at radius 3 is 2.76 bits per heavy atom. The molecule has 2 aromatic heterocycles. The van der Waals surface area contributed by atoms with E-state index in [4.69, 9.17) is 16.6 Å². The van der Waals surface area contributed by atoms with Gasteiger partial charge >= 0.3 is 0 Å². The molecule has 0 saturated carbocycles. The molecule has 0 spiro atoms. The van der Waals surface area contributed by atoms with E-state index in [2.05, 4.69) is 48.3 Å². The highest BCUT2D eigenvalue weighted by Gasteiger charge is 2.18. The van der Waals surface area contributed by atoms with Crippen molar-refractivity contribution in [2.45, 2.75) is 46.1 Å². The fourth-order valence-electron chi connectivity index (χ4n) is 2.26. The summed E-state index contributed by atoms with van der Waals surface area (Å²) in [5.74, 6) is 1.78. The summed E-state index contributed by atoms with van der Waals surface area (Å²) in [5, 5.41) is 2.69. The summed E-state index contributed by atoms with van der Waals surface area (Å²) in [5.41, 5.74) is 0.956. The third kappa shape index (κ3) is 3.95. The van der Waals surface area contributed by atoms with Gasteiger partial charge in [0, 0.05) is 36.4 Å². The van der Waals surface area contributed by atoms with Gasteiger partial charge in [-0.25, -0.2) is 9.97 Å². The average molecular weight is 324 g/mol. The van der Waals surface area contributed by atoms with E-state index in [0.717, 1.165) is 36.5 Å². The smallest absolute Gasteiger partial charge is 0.137 e. The van der Waals surface area contributed by atoms with Crippen molar-refractivity contribution >= 4 is 28.8 Å². The zero-order valence-electron chi connectivity index (χ0n) is 13.1. The molecule has 0 radical (unpaired) electrons. The van der Waals surface area contributed by atoms with Crippen LogP contribution in [0.4, 0.5) is 5.82 Å². The van der Waals surface area contributed by atoms with Gasteiger partial charge in [0.25, 0.3) is 0 Å². The van der Waals surface area contributed by atoms with Crippen LogP contribution in [0.2, 0.25) is 5.15 Å². The standard InChI is InChI=1S/C16H22ClN3S/c1-5-7-14-18-15(17)12(3)16(19-14)20(4)11(2)10-13-8-6-9-21-13/h6,8-9,11H,5,7,10H2,1-4H3. The second kappa shape index (κ2) is 7.23. The molecule has 5 heteroatoms. The van der Waals surface area contributed by atoms with E-state index < -0.39 is 0 Å². The van der Waals surface area contributed by atoms with E-state index in [0.29, 0.717) is 11.2 Å². The second-order valence-electron chi connectivity index (χ2n) is 5.37. The van der Waals surface area contributed by atoms with E-state index in [9.17, 15) is 0 Å². The Morgan fingerprint density at radius 2 is 2.14 bits per heavy atom. The van der Waals surface area contributed by atoms with Crippen LogP contribution in [-0.4, -0.2) is 23.1 Å². The molecule has 0 aliphatic carbocycles. The molecule has 2 heterocycles. The van der Waals surface area contributed by atoms with Crippen LogP contribution in [-0.2, 0) is 12.8 Å². The third-order valence-electron chi connectivity index (χ3n) is 3.65. The van der Waals surface area contributed by atoms with Gasteiger partial charge in [-0.05, 0) is 31.7 Å². The molecule has 0 aliphatic rings. The molecular weight excluding hydrogens is 302 g/mol. The van der Waals surface area contributed by atoms with E-state index in [1.54, 1.807) is 11.3 Å². The van der Waals surface area contributed by atoms with Crippen molar-refractivity contribution < 1.29 is 0 Å². The first-order valence-corrected chi connectivity index (χ1v) is 8.57. The number of likely N-dealkylation sites (N-methyl/N-ethyl adjacent to an activating group) is 1. The molecule has 1 unspecified atom stereocenters. The SMILES string of the molecule is CCCc1nc(Cl)c(C)c(N(C)C(C)Cc2cccs2)n1. The molecule has 0 aliphatic heterocycles. The Balaban J connectivity index is 2.22. The Kier molecular flexibility index (Phi) is 5.59. The first-order chi connectivity index (χ1) is 10.0. The predicted octanol–water partition coefficient (Wildman–Crippen LogP) is 4.52. The molecule has 2 aromatic rings. The van der Waals surface area contributed by atoms with Crippen molar-refractivity contribution in [2.24, 2.45) is 0 Å². The summed E-state index contributed by atoms with van der Waals surface area (Å²) < 4.78 is 0. The minimum absolute atomic E-state index is 0.364. The van der Waals surface area contributed by atoms with Gasteiger partial charge in [0.05, 0.1) is 0 Å². The van der Waals surface area contributed by atoms with Crippen molar-refractivity contribution in [3.63, 3.8) is 0 Å². The number of anilines is 1. The maximum atomic E-state index is 6.27. The van der Waals surface area contributed by atoms with Crippen LogP contribution < -0.4 is 4.90 Å². The number of thiophene rings is 1. The number of aryl methyl sites for hydroxylation is 1. The second-order valence-corrected chi connectivity index (χ2v) is 6.76. The van der Waals surface area contributed by atoms with Crippen LogP contribution in [0.1, 0.15) is 36.5 Å². The molecule has 0 bridgehead atoms. The molecule has 21 heavy (non-hydrogen) atoms. The lowest BCUT2D eigenvalue weighted by Gasteiger charge is -2.27. The summed E-state index contributed by atoms with van der Waals surface area (Å²) in [4.78, 5) is 12.7. The summed E-state index contributed by atoms with van der Waals surface area (Å²) in [6.45, 7) is 6.33. The summed E-state index contributed by atoms with van der Waals surface area (Å²) in [6.07, 6.45) is 2.89. The van der Waals surface area contributed by atoms with Crippen molar-refractivity contribution in [1.29, 1.82) is 0 Å². The van der Waals surface area contributed by atoms with Crippen LogP contribution in [0, 0.1) is 6.92 Å². The van der Waals surface area contributed by atoms with Crippen molar-refractivity contribution in [3.8, 4) is 0 Å². The highest BCUT2D eigenvalue weighted by molar-refractivity contribution is 7.09. The largest absolute Gasteiger partial charge is 0.356 e. The molecular formula is C16H22ClN3S. The lowest BCUT2D eigenvalue weighted by atomic mass is 10.1. The molecule has 0 aromatic carbocycles. The number of nitrogens with zero attached hydrogens (tertiary/aromatic N) is 3. The third-order valence-corrected chi connectivity index (χ3v) is 4.92. The summed E-state index contributed by atoms with van der Waals surface area (Å²) >= 11 is 8.07. The van der Waals surface area contributed by atoms with Gasteiger partial charge in [-0.1, -0.05) is 24.6 Å². The van der Waals surface area contributed by atoms with Crippen LogP contribution in [0.15, 0.2) is 17.5 Å². The molecule has 114 valence electrons. The van der Waals surface area contributed by atoms with Crippen molar-refractivity contribution in [1.82, 2.24) is 9.97 Å². The van der Waals surface area contributed by atoms with Crippen LogP contribution >= 0.6 is 22.9 Å². The molecule has 0 fully saturated rings. The molecule has 2 rings (SSSR count). The maximum absolute atomic E-state index is 6.27. The van der Waals surface area contributed by atoms with Crippen LogP contribution in [0.3, 0.4) is 0 Å². The van der Waals surface area contributed by atoms with Gasteiger partial charge in [0.2, 0.25) is 0 Å². The van der Waals surface area contributed by atoms with E-state index in [-0.39, 0.29) is 0 Å². The normalized spacial score (nSPS) is 12.4. The van der Waals surface area contributed by atoms with E-state index in [1.807, 2.05) is 6.92 Å². The average Bonchev–Trinajstić information content (AvgIpc) is 2.95. The van der Waals surface area contributed by atoms with Gasteiger partial charge in [-0.3, -0.25) is 0 Å². The van der Waals surface area contributed by atoms with E-state index >= 15 is 0 Å². The monoisotopic (exact) mass is 323 g/mol. The van der Waals surface area contributed by atoms with Crippen molar-refractivity contribution in [3.05, 3.63) is 38.9 Å². The number of halogens is 1. The van der Waals surface area contributed by atoms with Crippen LogP contribution in [0.5, 0.6) is 0 Å². The van der Waals surface area contributed by atoms with Gasteiger partial charge in [0.1, 0.15) is 16.8 Å². The molecule has 0 N–H and O–H groups in total. The molecule has 3 nitrogen and oxygen atoms in total. The predicted molar refractivity (Wildman–Crippen MR) is 91.7 cm³/mol. The van der Waals surface area contributed by atoms with Gasteiger partial charge in [-0.2, -0.15) is 0 Å². The van der Waals surface area contributed by atoms with Crippen molar-refractivity contribution in [2.75, 3.05) is 11.9 Å². The highest BCUT2D eigenvalue weighted by Crippen LogP contribution is 2.25. The fraction of sp³-hybridized carbons (Fsp3) is 0.500. The Labute approximate surface area is 136 Å². The van der Waals surface area contributed by atoms with E-state index in [1.165, 1.54) is 4.88 Å². The number of rotatable bonds is 6. The summed E-state index contributed by atoms with van der Waals surface area (Å²) in [7, 11) is 2.08. The number of hydrogen-bond acceptors (Lipinski definition) is 4. The summed E-state index contributed by atoms with van der Waals surface area (Å²) in [6, 6.07) is 4.64. The van der Waals surface area contributed by atoms with Gasteiger partial charge < -0.3 is 4.90 Å². The molecule has 0 amide bonds. The minimum Gasteiger partial charge on any atom is -0.356 e. The Hall–Kier alpha value is -1.13. The Bertz CT molecular complexity index is 583. The zero-order chi connectivity index (χ0) is 15.4. The number of aromatic nitrogens is 2. The molecule has 0 saturated heterocycles. The highest BCUT2D eigenvalue weighted by atomic mass is 35.5. The maximum Gasteiger partial charge on any atom is 0.137 e. The van der Waals surface area contributed by atoms with Crippen LogP contribution in [0.25, 0.3) is 0 Å². The van der Waals surface area contributed by atoms with Gasteiger partial charge in [-0.15, -0.1) is 11.3 Å². The quantitative estimate of drug-likeness (QED) is 0.732. The lowest BCUT2D eigenvalue weighted by molar-refractivity contribution is 0.672. The zero-order valence-corrected chi connectivity index (χ0v) is 14.6. The first kappa shape index (κ1) is 16.2. The lowest BCUT2D eigenvalue weighted by Crippen LogP contribution is -2.32. The topological polar surface area (TPSA) is 29.0 Å². The first-order valence-electron chi connectivity index (χ1n) is 7.31. The fourth-order valence-corrected chi connectivity index (χ4v) is 3.27. The minimum atomic E-state index is 0.364. The number of hydrogen-bond donors (Lipinski definition) is 0. The Morgan fingerprint density at radius 1 is 1.38 bits per heavy atom. The molecule has 1 atom stereocenters.